The Balaban J connectivity index is 2.50. The fourth-order valence-electron chi connectivity index (χ4n) is 1.71. The minimum atomic E-state index is -0.204. The van der Waals surface area contributed by atoms with E-state index in [2.05, 4.69) is 60.7 Å². The summed E-state index contributed by atoms with van der Waals surface area (Å²) >= 11 is 2.29. The standard InChI is InChI=1S/C13H19IO/c1-3-4-10(2)13(15)9-11-5-7-12(14)8-6-11/h5-8,10,13,15H,3-4,9H2,1-2H3. The van der Waals surface area contributed by atoms with Crippen LogP contribution < -0.4 is 0 Å². The van der Waals surface area contributed by atoms with Gasteiger partial charge in [-0.15, -0.1) is 0 Å². The van der Waals surface area contributed by atoms with Crippen LogP contribution in [0.3, 0.4) is 0 Å². The maximum Gasteiger partial charge on any atom is 0.0606 e. The first kappa shape index (κ1) is 13.0. The van der Waals surface area contributed by atoms with E-state index in [1.54, 1.807) is 0 Å². The van der Waals surface area contributed by atoms with Crippen LogP contribution in [0.2, 0.25) is 0 Å². The van der Waals surface area contributed by atoms with E-state index < -0.39 is 0 Å². The number of aliphatic hydroxyl groups is 1. The van der Waals surface area contributed by atoms with Crippen molar-refractivity contribution in [2.24, 2.45) is 5.92 Å². The summed E-state index contributed by atoms with van der Waals surface area (Å²) in [6.07, 6.45) is 2.82. The van der Waals surface area contributed by atoms with Crippen molar-refractivity contribution in [2.75, 3.05) is 0 Å². The number of hydrogen-bond acceptors (Lipinski definition) is 1. The molecular formula is C13H19IO. The quantitative estimate of drug-likeness (QED) is 0.822. The summed E-state index contributed by atoms with van der Waals surface area (Å²) in [5.74, 6) is 0.397. The van der Waals surface area contributed by atoms with Gasteiger partial charge in [0.05, 0.1) is 6.10 Å². The Bertz CT molecular complexity index is 281. The predicted molar refractivity (Wildman–Crippen MR) is 72.9 cm³/mol. The fraction of sp³-hybridized carbons (Fsp3) is 0.538. The van der Waals surface area contributed by atoms with Gasteiger partial charge in [-0.1, -0.05) is 32.4 Å². The summed E-state index contributed by atoms with van der Waals surface area (Å²) in [4.78, 5) is 0. The zero-order valence-corrected chi connectivity index (χ0v) is 11.6. The van der Waals surface area contributed by atoms with Crippen molar-refractivity contribution in [2.45, 2.75) is 39.2 Å². The van der Waals surface area contributed by atoms with Gasteiger partial charge in [-0.05, 0) is 59.0 Å². The van der Waals surface area contributed by atoms with E-state index in [0.29, 0.717) is 5.92 Å². The molecule has 0 saturated heterocycles. The molecule has 0 aromatic heterocycles. The van der Waals surface area contributed by atoms with Gasteiger partial charge in [-0.2, -0.15) is 0 Å². The van der Waals surface area contributed by atoms with Crippen molar-refractivity contribution in [1.82, 2.24) is 0 Å². The number of rotatable bonds is 5. The molecule has 84 valence electrons. The van der Waals surface area contributed by atoms with Crippen LogP contribution in [-0.2, 0) is 6.42 Å². The first-order valence-electron chi connectivity index (χ1n) is 5.56. The van der Waals surface area contributed by atoms with Crippen molar-refractivity contribution in [1.29, 1.82) is 0 Å². The summed E-state index contributed by atoms with van der Waals surface area (Å²) in [5, 5.41) is 9.97. The highest BCUT2D eigenvalue weighted by molar-refractivity contribution is 14.1. The third kappa shape index (κ3) is 4.51. The second kappa shape index (κ2) is 6.48. The molecule has 0 aliphatic rings. The minimum Gasteiger partial charge on any atom is -0.393 e. The Morgan fingerprint density at radius 2 is 1.87 bits per heavy atom. The fourth-order valence-corrected chi connectivity index (χ4v) is 2.07. The average molecular weight is 318 g/mol. The van der Waals surface area contributed by atoms with E-state index in [1.165, 1.54) is 9.13 Å². The molecule has 15 heavy (non-hydrogen) atoms. The molecule has 1 N–H and O–H groups in total. The summed E-state index contributed by atoms with van der Waals surface area (Å²) < 4.78 is 1.24. The van der Waals surface area contributed by atoms with Gasteiger partial charge in [-0.25, -0.2) is 0 Å². The van der Waals surface area contributed by atoms with Crippen molar-refractivity contribution in [3.8, 4) is 0 Å². The molecular weight excluding hydrogens is 299 g/mol. The molecule has 1 nitrogen and oxygen atoms in total. The molecule has 0 bridgehead atoms. The lowest BCUT2D eigenvalue weighted by atomic mass is 9.94. The lowest BCUT2D eigenvalue weighted by Gasteiger charge is -2.18. The van der Waals surface area contributed by atoms with Crippen molar-refractivity contribution < 1.29 is 5.11 Å². The molecule has 0 aliphatic heterocycles. The molecule has 1 aromatic rings. The molecule has 2 heteroatoms. The molecule has 0 saturated carbocycles. The normalized spacial score (nSPS) is 14.9. The van der Waals surface area contributed by atoms with Crippen LogP contribution in [0.15, 0.2) is 24.3 Å². The number of halogens is 1. The second-order valence-corrected chi connectivity index (χ2v) is 5.41. The van der Waals surface area contributed by atoms with E-state index in [-0.39, 0.29) is 6.10 Å². The maximum atomic E-state index is 9.97. The number of hydrogen-bond donors (Lipinski definition) is 1. The van der Waals surface area contributed by atoms with Gasteiger partial charge in [0, 0.05) is 3.57 Å². The van der Waals surface area contributed by atoms with Gasteiger partial charge in [0.1, 0.15) is 0 Å². The Morgan fingerprint density at radius 1 is 1.27 bits per heavy atom. The van der Waals surface area contributed by atoms with E-state index in [1.807, 2.05) is 0 Å². The van der Waals surface area contributed by atoms with Gasteiger partial charge in [0.15, 0.2) is 0 Å². The second-order valence-electron chi connectivity index (χ2n) is 4.16. The highest BCUT2D eigenvalue weighted by atomic mass is 127. The van der Waals surface area contributed by atoms with Gasteiger partial charge in [-0.3, -0.25) is 0 Å². The molecule has 2 unspecified atom stereocenters. The Labute approximate surface area is 106 Å². The Hall–Kier alpha value is -0.0900. The highest BCUT2D eigenvalue weighted by Crippen LogP contribution is 2.16. The Kier molecular flexibility index (Phi) is 5.61. The van der Waals surface area contributed by atoms with E-state index in [0.717, 1.165) is 19.3 Å². The zero-order valence-electron chi connectivity index (χ0n) is 9.41. The molecule has 0 aliphatic carbocycles. The summed E-state index contributed by atoms with van der Waals surface area (Å²) in [6, 6.07) is 8.38. The largest absolute Gasteiger partial charge is 0.393 e. The van der Waals surface area contributed by atoms with Crippen LogP contribution in [0.4, 0.5) is 0 Å². The van der Waals surface area contributed by atoms with Crippen molar-refractivity contribution in [3.63, 3.8) is 0 Å². The van der Waals surface area contributed by atoms with Crippen LogP contribution in [0.5, 0.6) is 0 Å². The maximum absolute atomic E-state index is 9.97. The van der Waals surface area contributed by atoms with Gasteiger partial charge in [0.2, 0.25) is 0 Å². The molecule has 0 radical (unpaired) electrons. The third-order valence-corrected chi connectivity index (χ3v) is 3.48. The van der Waals surface area contributed by atoms with E-state index >= 15 is 0 Å². The lowest BCUT2D eigenvalue weighted by Crippen LogP contribution is -2.20. The van der Waals surface area contributed by atoms with Gasteiger partial charge >= 0.3 is 0 Å². The molecule has 0 heterocycles. The van der Waals surface area contributed by atoms with Crippen molar-refractivity contribution in [3.05, 3.63) is 33.4 Å². The van der Waals surface area contributed by atoms with E-state index in [4.69, 9.17) is 0 Å². The van der Waals surface area contributed by atoms with Crippen LogP contribution in [0, 0.1) is 9.49 Å². The molecule has 2 atom stereocenters. The number of aliphatic hydroxyl groups excluding tert-OH is 1. The van der Waals surface area contributed by atoms with E-state index in [9.17, 15) is 5.11 Å². The van der Waals surface area contributed by atoms with Gasteiger partial charge < -0.3 is 5.11 Å². The summed E-state index contributed by atoms with van der Waals surface area (Å²) in [5.41, 5.74) is 1.23. The first-order chi connectivity index (χ1) is 7.13. The molecule has 1 aromatic carbocycles. The van der Waals surface area contributed by atoms with Crippen LogP contribution in [0.1, 0.15) is 32.3 Å². The monoisotopic (exact) mass is 318 g/mol. The molecule has 0 amide bonds. The SMILES string of the molecule is CCCC(C)C(O)Cc1ccc(I)cc1. The van der Waals surface area contributed by atoms with Gasteiger partial charge in [0.25, 0.3) is 0 Å². The lowest BCUT2D eigenvalue weighted by molar-refractivity contribution is 0.111. The van der Waals surface area contributed by atoms with Crippen LogP contribution >= 0.6 is 22.6 Å². The molecule has 0 fully saturated rings. The predicted octanol–water partition coefficient (Wildman–Crippen LogP) is 3.63. The smallest absolute Gasteiger partial charge is 0.0606 e. The van der Waals surface area contributed by atoms with Crippen molar-refractivity contribution >= 4 is 22.6 Å². The number of benzene rings is 1. The zero-order chi connectivity index (χ0) is 11.3. The Morgan fingerprint density at radius 3 is 2.40 bits per heavy atom. The topological polar surface area (TPSA) is 20.2 Å². The minimum absolute atomic E-state index is 0.204. The molecule has 0 spiro atoms. The summed E-state index contributed by atoms with van der Waals surface area (Å²) in [7, 11) is 0. The first-order valence-corrected chi connectivity index (χ1v) is 6.64. The molecule has 1 rings (SSSR count). The summed E-state index contributed by atoms with van der Waals surface area (Å²) in [6.45, 7) is 4.29. The third-order valence-electron chi connectivity index (χ3n) is 2.76. The van der Waals surface area contributed by atoms with Crippen LogP contribution in [-0.4, -0.2) is 11.2 Å². The average Bonchev–Trinajstić information content (AvgIpc) is 2.22. The van der Waals surface area contributed by atoms with Crippen LogP contribution in [0.25, 0.3) is 0 Å². The highest BCUT2D eigenvalue weighted by Gasteiger charge is 2.13.